The zero-order chi connectivity index (χ0) is 10.4. The lowest BCUT2D eigenvalue weighted by Crippen LogP contribution is -2.42. The van der Waals surface area contributed by atoms with Crippen LogP contribution in [0.15, 0.2) is 0 Å². The van der Waals surface area contributed by atoms with Crippen LogP contribution >= 0.6 is 0 Å². The van der Waals surface area contributed by atoms with Gasteiger partial charge in [0.15, 0.2) is 0 Å². The Kier molecular flexibility index (Phi) is 5.40. The van der Waals surface area contributed by atoms with Crippen molar-refractivity contribution in [1.29, 1.82) is 0 Å². The first-order valence-electron chi connectivity index (χ1n) is 5.46. The first-order valence-corrected chi connectivity index (χ1v) is 5.46. The molecule has 0 aromatic carbocycles. The molecule has 4 nitrogen and oxygen atoms in total. The molecule has 1 heterocycles. The van der Waals surface area contributed by atoms with Crippen LogP contribution in [0.1, 0.15) is 19.8 Å². The molecule has 2 unspecified atom stereocenters. The largest absolute Gasteiger partial charge is 0.395 e. The monoisotopic (exact) mass is 202 g/mol. The molecule has 4 heteroatoms. The average molecular weight is 202 g/mol. The molecule has 0 aromatic rings. The zero-order valence-electron chi connectivity index (χ0n) is 8.98. The fraction of sp³-hybridized carbons (Fsp3) is 1.00. The van der Waals surface area contributed by atoms with Gasteiger partial charge >= 0.3 is 0 Å². The van der Waals surface area contributed by atoms with E-state index < -0.39 is 0 Å². The summed E-state index contributed by atoms with van der Waals surface area (Å²) in [5, 5.41) is 8.86. The fourth-order valence-corrected chi connectivity index (χ4v) is 1.80. The molecule has 0 aromatic heterocycles. The van der Waals surface area contributed by atoms with Crippen molar-refractivity contribution in [3.8, 4) is 0 Å². The first kappa shape index (κ1) is 11.9. The van der Waals surface area contributed by atoms with E-state index in [-0.39, 0.29) is 12.6 Å². The second-order valence-corrected chi connectivity index (χ2v) is 3.93. The molecule has 2 atom stereocenters. The van der Waals surface area contributed by atoms with Crippen molar-refractivity contribution in [2.75, 3.05) is 32.8 Å². The maximum absolute atomic E-state index is 8.86. The smallest absolute Gasteiger partial charge is 0.0702 e. The maximum atomic E-state index is 8.86. The lowest BCUT2D eigenvalue weighted by molar-refractivity contribution is 0.0702. The molecule has 1 saturated heterocycles. The van der Waals surface area contributed by atoms with Crippen LogP contribution in [0.5, 0.6) is 0 Å². The minimum Gasteiger partial charge on any atom is -0.395 e. The number of ether oxygens (including phenoxy) is 1. The highest BCUT2D eigenvalue weighted by molar-refractivity contribution is 4.73. The van der Waals surface area contributed by atoms with E-state index in [1.54, 1.807) is 0 Å². The van der Waals surface area contributed by atoms with Crippen molar-refractivity contribution in [2.24, 2.45) is 5.73 Å². The Balaban J connectivity index is 2.22. The Morgan fingerprint density at radius 1 is 1.64 bits per heavy atom. The Morgan fingerprint density at radius 3 is 2.93 bits per heavy atom. The SMILES string of the molecule is CCN(CC(N)CO)CC1CCCO1. The predicted molar refractivity (Wildman–Crippen MR) is 56.1 cm³/mol. The topological polar surface area (TPSA) is 58.7 Å². The highest BCUT2D eigenvalue weighted by Gasteiger charge is 2.19. The van der Waals surface area contributed by atoms with Crippen LogP contribution in [0.4, 0.5) is 0 Å². The molecule has 0 amide bonds. The van der Waals surface area contributed by atoms with Crippen LogP contribution < -0.4 is 5.73 Å². The molecule has 0 aliphatic carbocycles. The standard InChI is InChI=1S/C10H22N2O2/c1-2-12(6-9(11)8-13)7-10-4-3-5-14-10/h9-10,13H,2-8,11H2,1H3. The molecule has 0 bridgehead atoms. The van der Waals surface area contributed by atoms with Gasteiger partial charge in [-0.1, -0.05) is 6.92 Å². The van der Waals surface area contributed by atoms with E-state index in [2.05, 4.69) is 11.8 Å². The molecule has 0 spiro atoms. The van der Waals surface area contributed by atoms with Crippen LogP contribution in [-0.2, 0) is 4.74 Å². The number of nitrogens with two attached hydrogens (primary N) is 1. The third kappa shape index (κ3) is 3.92. The van der Waals surface area contributed by atoms with E-state index >= 15 is 0 Å². The van der Waals surface area contributed by atoms with Crippen LogP contribution in [-0.4, -0.2) is 55.0 Å². The minimum atomic E-state index is -0.128. The Hall–Kier alpha value is -0.160. The van der Waals surface area contributed by atoms with E-state index in [0.29, 0.717) is 6.10 Å². The lowest BCUT2D eigenvalue weighted by Gasteiger charge is -2.25. The Morgan fingerprint density at radius 2 is 2.43 bits per heavy atom. The van der Waals surface area contributed by atoms with Crippen molar-refractivity contribution >= 4 is 0 Å². The molecular weight excluding hydrogens is 180 g/mol. The van der Waals surface area contributed by atoms with Crippen LogP contribution in [0.3, 0.4) is 0 Å². The van der Waals surface area contributed by atoms with Gasteiger partial charge in [0, 0.05) is 25.7 Å². The maximum Gasteiger partial charge on any atom is 0.0702 e. The minimum absolute atomic E-state index is 0.0576. The van der Waals surface area contributed by atoms with Crippen LogP contribution in [0.25, 0.3) is 0 Å². The molecule has 1 fully saturated rings. The van der Waals surface area contributed by atoms with E-state index in [4.69, 9.17) is 15.6 Å². The number of likely N-dealkylation sites (N-methyl/N-ethyl adjacent to an activating group) is 1. The Labute approximate surface area is 86.0 Å². The van der Waals surface area contributed by atoms with E-state index in [1.807, 2.05) is 0 Å². The summed E-state index contributed by atoms with van der Waals surface area (Å²) in [4.78, 5) is 2.25. The molecule has 1 aliphatic heterocycles. The van der Waals surface area contributed by atoms with Gasteiger partial charge in [0.1, 0.15) is 0 Å². The highest BCUT2D eigenvalue weighted by Crippen LogP contribution is 2.13. The normalized spacial score (nSPS) is 24.4. The van der Waals surface area contributed by atoms with Crippen molar-refractivity contribution in [1.82, 2.24) is 4.90 Å². The summed E-state index contributed by atoms with van der Waals surface area (Å²) in [5.74, 6) is 0. The van der Waals surface area contributed by atoms with E-state index in [1.165, 1.54) is 6.42 Å². The molecule has 0 radical (unpaired) electrons. The summed E-state index contributed by atoms with van der Waals surface area (Å²) in [6, 6.07) is -0.128. The summed E-state index contributed by atoms with van der Waals surface area (Å²) in [6.45, 7) is 5.74. The number of hydrogen-bond donors (Lipinski definition) is 2. The lowest BCUT2D eigenvalue weighted by atomic mass is 10.2. The molecule has 0 saturated carbocycles. The quantitative estimate of drug-likeness (QED) is 0.626. The summed E-state index contributed by atoms with van der Waals surface area (Å²) in [6.07, 6.45) is 2.71. The first-order chi connectivity index (χ1) is 6.76. The zero-order valence-corrected chi connectivity index (χ0v) is 8.98. The van der Waals surface area contributed by atoms with Gasteiger partial charge in [-0.3, -0.25) is 4.90 Å². The number of hydrogen-bond acceptors (Lipinski definition) is 4. The highest BCUT2D eigenvalue weighted by atomic mass is 16.5. The summed E-state index contributed by atoms with van der Waals surface area (Å²) in [7, 11) is 0. The molecule has 3 N–H and O–H groups in total. The summed E-state index contributed by atoms with van der Waals surface area (Å²) in [5.41, 5.74) is 5.69. The summed E-state index contributed by atoms with van der Waals surface area (Å²) >= 11 is 0. The van der Waals surface area contributed by atoms with Gasteiger partial charge in [-0.25, -0.2) is 0 Å². The number of aliphatic hydroxyl groups excluding tert-OH is 1. The fourth-order valence-electron chi connectivity index (χ4n) is 1.80. The third-order valence-corrected chi connectivity index (χ3v) is 2.66. The number of rotatable bonds is 6. The van der Waals surface area contributed by atoms with Gasteiger partial charge in [0.25, 0.3) is 0 Å². The van der Waals surface area contributed by atoms with Crippen molar-refractivity contribution in [3.63, 3.8) is 0 Å². The van der Waals surface area contributed by atoms with Crippen molar-refractivity contribution in [3.05, 3.63) is 0 Å². The average Bonchev–Trinajstić information content (AvgIpc) is 2.69. The molecule has 1 rings (SSSR count). The molecule has 14 heavy (non-hydrogen) atoms. The second-order valence-electron chi connectivity index (χ2n) is 3.93. The Bertz CT molecular complexity index is 149. The van der Waals surface area contributed by atoms with Crippen LogP contribution in [0, 0.1) is 0 Å². The van der Waals surface area contributed by atoms with E-state index in [0.717, 1.165) is 32.7 Å². The molecular formula is C10H22N2O2. The van der Waals surface area contributed by atoms with E-state index in [9.17, 15) is 0 Å². The molecule has 1 aliphatic rings. The van der Waals surface area contributed by atoms with Crippen molar-refractivity contribution < 1.29 is 9.84 Å². The van der Waals surface area contributed by atoms with Gasteiger partial charge in [-0.15, -0.1) is 0 Å². The van der Waals surface area contributed by atoms with Gasteiger partial charge < -0.3 is 15.6 Å². The van der Waals surface area contributed by atoms with Crippen LogP contribution in [0.2, 0.25) is 0 Å². The molecule has 84 valence electrons. The number of nitrogens with zero attached hydrogens (tertiary/aromatic N) is 1. The third-order valence-electron chi connectivity index (χ3n) is 2.66. The van der Waals surface area contributed by atoms with Crippen molar-refractivity contribution in [2.45, 2.75) is 31.9 Å². The van der Waals surface area contributed by atoms with Gasteiger partial charge in [0.2, 0.25) is 0 Å². The second kappa shape index (κ2) is 6.35. The summed E-state index contributed by atoms with van der Waals surface area (Å²) < 4.78 is 5.56. The number of aliphatic hydroxyl groups is 1. The predicted octanol–water partition coefficient (Wildman–Crippen LogP) is -0.193. The van der Waals surface area contributed by atoms with Gasteiger partial charge in [-0.2, -0.15) is 0 Å². The van der Waals surface area contributed by atoms with Gasteiger partial charge in [-0.05, 0) is 19.4 Å². The van der Waals surface area contributed by atoms with Gasteiger partial charge in [0.05, 0.1) is 12.7 Å².